The summed E-state index contributed by atoms with van der Waals surface area (Å²) in [6.07, 6.45) is 8.12. The van der Waals surface area contributed by atoms with Gasteiger partial charge in [0.25, 0.3) is 0 Å². The summed E-state index contributed by atoms with van der Waals surface area (Å²) in [6.45, 7) is 6.23. The van der Waals surface area contributed by atoms with Crippen LogP contribution in [0.1, 0.15) is 31.7 Å². The van der Waals surface area contributed by atoms with E-state index in [0.717, 1.165) is 25.7 Å². The first-order valence-electron chi connectivity index (χ1n) is 5.99. The van der Waals surface area contributed by atoms with Crippen LogP contribution in [0, 0.1) is 0 Å². The highest BCUT2D eigenvalue weighted by molar-refractivity contribution is 5.10. The van der Waals surface area contributed by atoms with Crippen molar-refractivity contribution in [3.63, 3.8) is 0 Å². The van der Waals surface area contributed by atoms with E-state index in [4.69, 9.17) is 0 Å². The second-order valence-electron chi connectivity index (χ2n) is 4.19. The van der Waals surface area contributed by atoms with Gasteiger partial charge >= 0.3 is 0 Å². The molecule has 0 radical (unpaired) electrons. The SMILES string of the molecule is C=C(CC)CC(CCc1ccncc1)NC. The highest BCUT2D eigenvalue weighted by Crippen LogP contribution is 2.12. The Morgan fingerprint density at radius 1 is 1.44 bits per heavy atom. The second-order valence-corrected chi connectivity index (χ2v) is 4.19. The molecule has 0 fully saturated rings. The Hall–Kier alpha value is -1.15. The Morgan fingerprint density at radius 3 is 2.69 bits per heavy atom. The van der Waals surface area contributed by atoms with Gasteiger partial charge in [-0.3, -0.25) is 4.98 Å². The Labute approximate surface area is 98.8 Å². The fraction of sp³-hybridized carbons (Fsp3) is 0.500. The molecule has 0 aromatic carbocycles. The molecule has 1 rings (SSSR count). The van der Waals surface area contributed by atoms with Crippen LogP contribution in [-0.2, 0) is 6.42 Å². The number of pyridine rings is 1. The molecule has 0 aliphatic carbocycles. The number of aryl methyl sites for hydroxylation is 1. The predicted molar refractivity (Wildman–Crippen MR) is 69.5 cm³/mol. The highest BCUT2D eigenvalue weighted by Gasteiger charge is 2.07. The van der Waals surface area contributed by atoms with Crippen molar-refractivity contribution in [2.45, 2.75) is 38.6 Å². The molecule has 0 saturated carbocycles. The Kier molecular flexibility index (Phi) is 5.79. The van der Waals surface area contributed by atoms with Crippen LogP contribution in [0.3, 0.4) is 0 Å². The Morgan fingerprint density at radius 2 is 2.12 bits per heavy atom. The topological polar surface area (TPSA) is 24.9 Å². The Balaban J connectivity index is 2.37. The van der Waals surface area contributed by atoms with Crippen LogP contribution in [0.15, 0.2) is 36.7 Å². The van der Waals surface area contributed by atoms with Crippen molar-refractivity contribution in [2.75, 3.05) is 7.05 Å². The van der Waals surface area contributed by atoms with Gasteiger partial charge in [0, 0.05) is 18.4 Å². The van der Waals surface area contributed by atoms with Gasteiger partial charge < -0.3 is 5.32 Å². The third kappa shape index (κ3) is 4.58. The summed E-state index contributed by atoms with van der Waals surface area (Å²) >= 11 is 0. The lowest BCUT2D eigenvalue weighted by Gasteiger charge is -2.16. The number of aromatic nitrogens is 1. The van der Waals surface area contributed by atoms with Crippen molar-refractivity contribution in [3.05, 3.63) is 42.2 Å². The van der Waals surface area contributed by atoms with E-state index < -0.39 is 0 Å². The van der Waals surface area contributed by atoms with Crippen LogP contribution < -0.4 is 5.32 Å². The average Bonchev–Trinajstić information content (AvgIpc) is 2.35. The van der Waals surface area contributed by atoms with E-state index in [1.165, 1.54) is 11.1 Å². The third-order valence-electron chi connectivity index (χ3n) is 2.97. The third-order valence-corrected chi connectivity index (χ3v) is 2.97. The van der Waals surface area contributed by atoms with Gasteiger partial charge in [-0.2, -0.15) is 0 Å². The molecule has 16 heavy (non-hydrogen) atoms. The molecule has 1 unspecified atom stereocenters. The van der Waals surface area contributed by atoms with E-state index in [1.807, 2.05) is 19.4 Å². The normalized spacial score (nSPS) is 12.4. The molecule has 88 valence electrons. The standard InChI is InChI=1S/C14H22N2/c1-4-12(2)11-14(15-3)6-5-13-7-9-16-10-8-13/h7-10,14-15H,2,4-6,11H2,1,3H3. The van der Waals surface area contributed by atoms with Crippen LogP contribution in [0.25, 0.3) is 0 Å². The highest BCUT2D eigenvalue weighted by atomic mass is 14.9. The van der Waals surface area contributed by atoms with Gasteiger partial charge in [-0.05, 0) is 50.4 Å². The maximum atomic E-state index is 4.07. The molecular weight excluding hydrogens is 196 g/mol. The van der Waals surface area contributed by atoms with Gasteiger partial charge in [0.1, 0.15) is 0 Å². The molecule has 0 saturated heterocycles. The van der Waals surface area contributed by atoms with E-state index >= 15 is 0 Å². The number of nitrogens with one attached hydrogen (secondary N) is 1. The van der Waals surface area contributed by atoms with Crippen molar-refractivity contribution < 1.29 is 0 Å². The summed E-state index contributed by atoms with van der Waals surface area (Å²) in [7, 11) is 2.03. The summed E-state index contributed by atoms with van der Waals surface area (Å²) in [5, 5.41) is 3.36. The number of hydrogen-bond acceptors (Lipinski definition) is 2. The van der Waals surface area contributed by atoms with Crippen LogP contribution in [0.2, 0.25) is 0 Å². The molecule has 0 bridgehead atoms. The van der Waals surface area contributed by atoms with Crippen LogP contribution >= 0.6 is 0 Å². The van der Waals surface area contributed by atoms with E-state index in [1.54, 1.807) is 0 Å². The van der Waals surface area contributed by atoms with Crippen molar-refractivity contribution in [2.24, 2.45) is 0 Å². The van der Waals surface area contributed by atoms with Crippen molar-refractivity contribution in [3.8, 4) is 0 Å². The van der Waals surface area contributed by atoms with E-state index in [-0.39, 0.29) is 0 Å². The van der Waals surface area contributed by atoms with E-state index in [0.29, 0.717) is 6.04 Å². The zero-order chi connectivity index (χ0) is 11.8. The second kappa shape index (κ2) is 7.18. The monoisotopic (exact) mass is 218 g/mol. The van der Waals surface area contributed by atoms with Crippen LogP contribution in [0.5, 0.6) is 0 Å². The van der Waals surface area contributed by atoms with Crippen molar-refractivity contribution in [1.29, 1.82) is 0 Å². The number of rotatable bonds is 7. The number of hydrogen-bond donors (Lipinski definition) is 1. The largest absolute Gasteiger partial charge is 0.317 e. The van der Waals surface area contributed by atoms with Gasteiger partial charge in [-0.25, -0.2) is 0 Å². The quantitative estimate of drug-likeness (QED) is 0.712. The first kappa shape index (κ1) is 12.9. The van der Waals surface area contributed by atoms with Gasteiger partial charge in [-0.1, -0.05) is 19.1 Å². The molecule has 0 aliphatic heterocycles. The fourth-order valence-corrected chi connectivity index (χ4v) is 1.73. The lowest BCUT2D eigenvalue weighted by atomic mass is 9.99. The lowest BCUT2D eigenvalue weighted by molar-refractivity contribution is 0.514. The van der Waals surface area contributed by atoms with Gasteiger partial charge in [-0.15, -0.1) is 0 Å². The van der Waals surface area contributed by atoms with E-state index in [9.17, 15) is 0 Å². The van der Waals surface area contributed by atoms with Crippen LogP contribution in [-0.4, -0.2) is 18.1 Å². The maximum absolute atomic E-state index is 4.07. The molecule has 0 amide bonds. The molecular formula is C14H22N2. The molecule has 1 atom stereocenters. The predicted octanol–water partition coefficient (Wildman–Crippen LogP) is 2.96. The van der Waals surface area contributed by atoms with Crippen molar-refractivity contribution in [1.82, 2.24) is 10.3 Å². The molecule has 1 N–H and O–H groups in total. The molecule has 2 nitrogen and oxygen atoms in total. The fourth-order valence-electron chi connectivity index (χ4n) is 1.73. The molecule has 0 spiro atoms. The average molecular weight is 218 g/mol. The lowest BCUT2D eigenvalue weighted by Crippen LogP contribution is -2.26. The van der Waals surface area contributed by atoms with Crippen LogP contribution in [0.4, 0.5) is 0 Å². The molecule has 2 heteroatoms. The zero-order valence-electron chi connectivity index (χ0n) is 10.4. The first-order chi connectivity index (χ1) is 7.76. The smallest absolute Gasteiger partial charge is 0.0270 e. The molecule has 1 aromatic rings. The first-order valence-corrected chi connectivity index (χ1v) is 5.99. The van der Waals surface area contributed by atoms with Gasteiger partial charge in [0.2, 0.25) is 0 Å². The molecule has 0 aliphatic rings. The maximum Gasteiger partial charge on any atom is 0.0270 e. The van der Waals surface area contributed by atoms with Gasteiger partial charge in [0.05, 0.1) is 0 Å². The minimum Gasteiger partial charge on any atom is -0.317 e. The summed E-state index contributed by atoms with van der Waals surface area (Å²) in [6, 6.07) is 4.71. The summed E-state index contributed by atoms with van der Waals surface area (Å²) in [5.74, 6) is 0. The van der Waals surface area contributed by atoms with E-state index in [2.05, 4.69) is 35.9 Å². The molecule has 1 heterocycles. The summed E-state index contributed by atoms with van der Waals surface area (Å²) in [4.78, 5) is 4.02. The van der Waals surface area contributed by atoms with Gasteiger partial charge in [0.15, 0.2) is 0 Å². The summed E-state index contributed by atoms with van der Waals surface area (Å²) < 4.78 is 0. The minimum absolute atomic E-state index is 0.542. The molecule has 1 aromatic heterocycles. The Bertz CT molecular complexity index is 306. The minimum atomic E-state index is 0.542. The van der Waals surface area contributed by atoms with Crippen molar-refractivity contribution >= 4 is 0 Å². The zero-order valence-corrected chi connectivity index (χ0v) is 10.4. The summed E-state index contributed by atoms with van der Waals surface area (Å²) in [5.41, 5.74) is 2.69. The number of nitrogens with zero attached hydrogens (tertiary/aromatic N) is 1.